The molecule has 6 heteroatoms. The minimum atomic E-state index is -0.475. The van der Waals surface area contributed by atoms with Gasteiger partial charge in [-0.25, -0.2) is 4.98 Å². The van der Waals surface area contributed by atoms with Gasteiger partial charge in [0.15, 0.2) is 6.10 Å². The van der Waals surface area contributed by atoms with E-state index in [0.29, 0.717) is 32.2 Å². The minimum absolute atomic E-state index is 0.0225. The van der Waals surface area contributed by atoms with E-state index in [1.165, 1.54) is 17.8 Å². The van der Waals surface area contributed by atoms with Gasteiger partial charge >= 0.3 is 0 Å². The van der Waals surface area contributed by atoms with Gasteiger partial charge in [-0.05, 0) is 36.3 Å². The predicted octanol–water partition coefficient (Wildman–Crippen LogP) is 1.80. The molecule has 4 rings (SSSR count). The summed E-state index contributed by atoms with van der Waals surface area (Å²) in [6.07, 6.45) is 5.27. The second-order valence-electron chi connectivity index (χ2n) is 7.04. The van der Waals surface area contributed by atoms with Crippen molar-refractivity contribution in [3.63, 3.8) is 0 Å². The first-order valence-corrected chi connectivity index (χ1v) is 9.21. The molecule has 1 saturated heterocycles. The highest BCUT2D eigenvalue weighted by Gasteiger charge is 2.32. The summed E-state index contributed by atoms with van der Waals surface area (Å²) in [5.41, 5.74) is 2.20. The number of ether oxygens (including phenoxy) is 1. The summed E-state index contributed by atoms with van der Waals surface area (Å²) in [5, 5.41) is 0. The molecule has 6 nitrogen and oxygen atoms in total. The smallest absolute Gasteiger partial charge is 0.256 e. The van der Waals surface area contributed by atoms with Gasteiger partial charge in [0.25, 0.3) is 11.5 Å². The fraction of sp³-hybridized carbons (Fsp3) is 0.450. The van der Waals surface area contributed by atoms with Crippen molar-refractivity contribution in [1.82, 2.24) is 14.5 Å². The van der Waals surface area contributed by atoms with E-state index in [2.05, 4.69) is 11.1 Å². The van der Waals surface area contributed by atoms with Gasteiger partial charge in [0.1, 0.15) is 0 Å². The minimum Gasteiger partial charge on any atom is -0.363 e. The lowest BCUT2D eigenvalue weighted by Crippen LogP contribution is -2.43. The number of nitrogens with zero attached hydrogens (tertiary/aromatic N) is 3. The first-order valence-electron chi connectivity index (χ1n) is 9.21. The number of piperidine rings is 1. The molecule has 3 heterocycles. The Morgan fingerprint density at radius 2 is 2.00 bits per heavy atom. The van der Waals surface area contributed by atoms with Gasteiger partial charge in [0.2, 0.25) is 0 Å². The molecule has 0 saturated carbocycles. The molecule has 136 valence electrons. The molecule has 0 radical (unpaired) electrons. The van der Waals surface area contributed by atoms with Gasteiger partial charge in [0.05, 0.1) is 12.9 Å². The van der Waals surface area contributed by atoms with Crippen LogP contribution in [0.15, 0.2) is 47.7 Å². The van der Waals surface area contributed by atoms with Crippen LogP contribution in [0.4, 0.5) is 0 Å². The van der Waals surface area contributed by atoms with Crippen molar-refractivity contribution in [2.45, 2.75) is 31.9 Å². The third-order valence-corrected chi connectivity index (χ3v) is 5.39. The number of benzene rings is 1. The third-order valence-electron chi connectivity index (χ3n) is 5.39. The maximum atomic E-state index is 13.0. The Labute approximate surface area is 152 Å². The molecule has 0 aliphatic carbocycles. The van der Waals surface area contributed by atoms with E-state index in [1.54, 1.807) is 10.9 Å². The second kappa shape index (κ2) is 7.41. The SMILES string of the molecule is O=C(C1OCCc2ccccc21)N1CCC(Cn2cnccc2=O)CC1. The number of hydrogen-bond acceptors (Lipinski definition) is 4. The average molecular weight is 353 g/mol. The number of aromatic nitrogens is 2. The molecule has 0 bridgehead atoms. The molecule has 2 aromatic rings. The van der Waals surface area contributed by atoms with Crippen molar-refractivity contribution in [2.75, 3.05) is 19.7 Å². The first-order chi connectivity index (χ1) is 12.7. The zero-order chi connectivity index (χ0) is 17.9. The number of hydrogen-bond donors (Lipinski definition) is 0. The second-order valence-corrected chi connectivity index (χ2v) is 7.04. The Bertz CT molecular complexity index is 840. The summed E-state index contributed by atoms with van der Waals surface area (Å²) >= 11 is 0. The molecule has 2 aliphatic rings. The standard InChI is InChI=1S/C20H23N3O3/c24-18-5-9-21-14-23(18)13-15-6-10-22(11-7-15)20(25)19-17-4-2-1-3-16(17)8-12-26-19/h1-5,9,14-15,19H,6-8,10-13H2. The van der Waals surface area contributed by atoms with Crippen LogP contribution >= 0.6 is 0 Å². The maximum absolute atomic E-state index is 13.0. The van der Waals surface area contributed by atoms with E-state index in [1.807, 2.05) is 23.1 Å². The van der Waals surface area contributed by atoms with E-state index < -0.39 is 6.10 Å². The average Bonchev–Trinajstić information content (AvgIpc) is 2.69. The Morgan fingerprint density at radius 3 is 2.81 bits per heavy atom. The van der Waals surface area contributed by atoms with Crippen molar-refractivity contribution in [2.24, 2.45) is 5.92 Å². The predicted molar refractivity (Wildman–Crippen MR) is 96.6 cm³/mol. The molecule has 2 aliphatic heterocycles. The molecular weight excluding hydrogens is 330 g/mol. The fourth-order valence-corrected chi connectivity index (χ4v) is 3.89. The van der Waals surface area contributed by atoms with Crippen LogP contribution in [0.2, 0.25) is 0 Å². The number of rotatable bonds is 3. The Kier molecular flexibility index (Phi) is 4.84. The highest BCUT2D eigenvalue weighted by molar-refractivity contribution is 5.83. The summed E-state index contributed by atoms with van der Waals surface area (Å²) in [6, 6.07) is 9.54. The molecule has 1 atom stereocenters. The zero-order valence-corrected chi connectivity index (χ0v) is 14.7. The highest BCUT2D eigenvalue weighted by Crippen LogP contribution is 2.30. The zero-order valence-electron chi connectivity index (χ0n) is 14.7. The quantitative estimate of drug-likeness (QED) is 0.844. The molecule has 1 aromatic carbocycles. The number of carbonyl (C=O) groups is 1. The normalized spacial score (nSPS) is 20.6. The van der Waals surface area contributed by atoms with Crippen LogP contribution in [0.1, 0.15) is 30.1 Å². The van der Waals surface area contributed by atoms with Crippen LogP contribution < -0.4 is 5.56 Å². The molecule has 0 N–H and O–H groups in total. The lowest BCUT2D eigenvalue weighted by atomic mass is 9.94. The van der Waals surface area contributed by atoms with Crippen LogP contribution in [-0.2, 0) is 22.5 Å². The van der Waals surface area contributed by atoms with Crippen LogP contribution in [0.5, 0.6) is 0 Å². The Morgan fingerprint density at radius 1 is 1.19 bits per heavy atom. The van der Waals surface area contributed by atoms with Gasteiger partial charge in [0, 0.05) is 31.9 Å². The van der Waals surface area contributed by atoms with Gasteiger partial charge in [-0.3, -0.25) is 14.2 Å². The summed E-state index contributed by atoms with van der Waals surface area (Å²) in [4.78, 5) is 30.7. The van der Waals surface area contributed by atoms with E-state index in [-0.39, 0.29) is 11.5 Å². The van der Waals surface area contributed by atoms with E-state index in [0.717, 1.165) is 24.8 Å². The van der Waals surface area contributed by atoms with Gasteiger partial charge < -0.3 is 9.64 Å². The summed E-state index contributed by atoms with van der Waals surface area (Å²) in [5.74, 6) is 0.453. The Balaban J connectivity index is 1.39. The number of likely N-dealkylation sites (tertiary alicyclic amines) is 1. The number of amides is 1. The van der Waals surface area contributed by atoms with Crippen molar-refractivity contribution in [3.8, 4) is 0 Å². The monoisotopic (exact) mass is 353 g/mol. The molecule has 1 fully saturated rings. The van der Waals surface area contributed by atoms with Crippen molar-refractivity contribution in [1.29, 1.82) is 0 Å². The third kappa shape index (κ3) is 3.42. The van der Waals surface area contributed by atoms with E-state index >= 15 is 0 Å². The highest BCUT2D eigenvalue weighted by atomic mass is 16.5. The lowest BCUT2D eigenvalue weighted by Gasteiger charge is -2.35. The molecule has 1 unspecified atom stereocenters. The summed E-state index contributed by atoms with van der Waals surface area (Å²) in [7, 11) is 0. The Hall–Kier alpha value is -2.47. The van der Waals surface area contributed by atoms with Crippen LogP contribution in [0.3, 0.4) is 0 Å². The van der Waals surface area contributed by atoms with Crippen LogP contribution in [-0.4, -0.2) is 40.1 Å². The summed E-state index contributed by atoms with van der Waals surface area (Å²) in [6.45, 7) is 2.67. The van der Waals surface area contributed by atoms with Crippen molar-refractivity contribution in [3.05, 3.63) is 64.3 Å². The van der Waals surface area contributed by atoms with E-state index in [4.69, 9.17) is 4.74 Å². The van der Waals surface area contributed by atoms with Gasteiger partial charge in [-0.2, -0.15) is 0 Å². The maximum Gasteiger partial charge on any atom is 0.256 e. The topological polar surface area (TPSA) is 64.4 Å². The van der Waals surface area contributed by atoms with Crippen molar-refractivity contribution < 1.29 is 9.53 Å². The molecule has 1 amide bonds. The fourth-order valence-electron chi connectivity index (χ4n) is 3.89. The number of carbonyl (C=O) groups excluding carboxylic acids is 1. The van der Waals surface area contributed by atoms with Crippen LogP contribution in [0.25, 0.3) is 0 Å². The number of fused-ring (bicyclic) bond motifs is 1. The largest absolute Gasteiger partial charge is 0.363 e. The molecule has 0 spiro atoms. The first kappa shape index (κ1) is 17.0. The lowest BCUT2D eigenvalue weighted by molar-refractivity contribution is -0.146. The molecule has 1 aromatic heterocycles. The van der Waals surface area contributed by atoms with Crippen molar-refractivity contribution >= 4 is 5.91 Å². The van der Waals surface area contributed by atoms with Gasteiger partial charge in [-0.1, -0.05) is 24.3 Å². The molecular formula is C20H23N3O3. The van der Waals surface area contributed by atoms with Crippen LogP contribution in [0, 0.1) is 5.92 Å². The van der Waals surface area contributed by atoms with Gasteiger partial charge in [-0.15, -0.1) is 0 Å². The summed E-state index contributed by atoms with van der Waals surface area (Å²) < 4.78 is 7.47. The van der Waals surface area contributed by atoms with E-state index in [9.17, 15) is 9.59 Å². The molecule has 26 heavy (non-hydrogen) atoms.